The predicted molar refractivity (Wildman–Crippen MR) is 120 cm³/mol. The van der Waals surface area contributed by atoms with Gasteiger partial charge in [0.05, 0.1) is 21.9 Å². The molecule has 0 saturated carbocycles. The van der Waals surface area contributed by atoms with E-state index in [-0.39, 0.29) is 16.8 Å². The molecule has 0 aliphatic heterocycles. The van der Waals surface area contributed by atoms with Crippen LogP contribution in [0, 0.1) is 0 Å². The monoisotopic (exact) mass is 464 g/mol. The van der Waals surface area contributed by atoms with Crippen LogP contribution in [0.3, 0.4) is 0 Å². The minimum Gasteiger partial charge on any atom is -0.494 e. The molecule has 6 nitrogen and oxygen atoms in total. The summed E-state index contributed by atoms with van der Waals surface area (Å²) in [5.41, 5.74) is 0.639. The number of hydrogen-bond donors (Lipinski definition) is 2. The van der Waals surface area contributed by atoms with E-state index in [2.05, 4.69) is 10.0 Å². The Morgan fingerprint density at radius 1 is 1.13 bits per heavy atom. The van der Waals surface area contributed by atoms with Gasteiger partial charge in [-0.3, -0.25) is 9.52 Å². The Balaban J connectivity index is 1.72. The smallest absolute Gasteiger partial charge is 0.261 e. The number of rotatable bonds is 8. The summed E-state index contributed by atoms with van der Waals surface area (Å²) in [6.45, 7) is 4.21. The molecule has 1 atom stereocenters. The zero-order valence-corrected chi connectivity index (χ0v) is 18.8. The first-order valence-electron chi connectivity index (χ1n) is 9.20. The van der Waals surface area contributed by atoms with Crippen LogP contribution >= 0.6 is 22.9 Å². The highest BCUT2D eigenvalue weighted by Crippen LogP contribution is 2.27. The summed E-state index contributed by atoms with van der Waals surface area (Å²) in [6.07, 6.45) is 0. The minimum atomic E-state index is -3.80. The number of anilines is 1. The number of ether oxygens (including phenoxy) is 1. The molecule has 9 heteroatoms. The average molecular weight is 465 g/mol. The number of benzene rings is 2. The minimum absolute atomic E-state index is 0.101. The molecule has 0 spiro atoms. The van der Waals surface area contributed by atoms with Gasteiger partial charge in [-0.1, -0.05) is 17.7 Å². The first-order chi connectivity index (χ1) is 14.3. The third-order valence-electron chi connectivity index (χ3n) is 4.19. The number of amides is 1. The van der Waals surface area contributed by atoms with Gasteiger partial charge in [0.15, 0.2) is 0 Å². The van der Waals surface area contributed by atoms with Gasteiger partial charge >= 0.3 is 0 Å². The first-order valence-corrected chi connectivity index (χ1v) is 11.9. The fourth-order valence-corrected chi connectivity index (χ4v) is 4.84. The van der Waals surface area contributed by atoms with Crippen molar-refractivity contribution in [1.29, 1.82) is 0 Å². The molecule has 3 rings (SSSR count). The number of thiophene rings is 1. The van der Waals surface area contributed by atoms with Gasteiger partial charge in [-0.25, -0.2) is 8.42 Å². The van der Waals surface area contributed by atoms with Crippen molar-refractivity contribution < 1.29 is 17.9 Å². The van der Waals surface area contributed by atoms with Crippen molar-refractivity contribution in [1.82, 2.24) is 5.32 Å². The number of hydrogen-bond acceptors (Lipinski definition) is 5. The zero-order valence-electron chi connectivity index (χ0n) is 16.4. The fourth-order valence-electron chi connectivity index (χ4n) is 2.73. The van der Waals surface area contributed by atoms with Gasteiger partial charge in [-0.05, 0) is 68.4 Å². The molecule has 0 fully saturated rings. The van der Waals surface area contributed by atoms with Gasteiger partial charge in [-0.2, -0.15) is 0 Å². The number of carbonyl (C=O) groups is 1. The Morgan fingerprint density at radius 3 is 2.50 bits per heavy atom. The molecule has 158 valence electrons. The Morgan fingerprint density at radius 2 is 1.87 bits per heavy atom. The van der Waals surface area contributed by atoms with E-state index in [1.54, 1.807) is 36.4 Å². The standard InChI is InChI=1S/C21H21ClN2O4S2/c1-3-28-17-7-9-18(10-8-17)30(26,27)24-16-6-4-5-15(13-16)21(25)23-14(2)19-11-12-20(22)29-19/h4-14,24H,3H2,1-2H3,(H,23,25). The lowest BCUT2D eigenvalue weighted by molar-refractivity contribution is 0.0940. The van der Waals surface area contributed by atoms with Crippen molar-refractivity contribution in [3.63, 3.8) is 0 Å². The number of halogens is 1. The molecule has 1 unspecified atom stereocenters. The zero-order chi connectivity index (χ0) is 21.7. The second-order valence-electron chi connectivity index (χ2n) is 6.43. The second-order valence-corrected chi connectivity index (χ2v) is 9.86. The van der Waals surface area contributed by atoms with Crippen LogP contribution in [-0.4, -0.2) is 20.9 Å². The number of sulfonamides is 1. The Bertz CT molecular complexity index is 1130. The number of nitrogens with one attached hydrogen (secondary N) is 2. The molecule has 2 N–H and O–H groups in total. The van der Waals surface area contributed by atoms with E-state index in [1.165, 1.54) is 29.5 Å². The van der Waals surface area contributed by atoms with Crippen molar-refractivity contribution in [2.45, 2.75) is 24.8 Å². The molecule has 1 aromatic heterocycles. The lowest BCUT2D eigenvalue weighted by Crippen LogP contribution is -2.26. The van der Waals surface area contributed by atoms with Gasteiger partial charge < -0.3 is 10.1 Å². The largest absolute Gasteiger partial charge is 0.494 e. The first kappa shape index (κ1) is 22.1. The third kappa shape index (κ3) is 5.53. The summed E-state index contributed by atoms with van der Waals surface area (Å²) >= 11 is 7.34. The summed E-state index contributed by atoms with van der Waals surface area (Å²) in [6, 6.07) is 15.9. The van der Waals surface area contributed by atoms with Gasteiger partial charge in [0.2, 0.25) is 0 Å². The summed E-state index contributed by atoms with van der Waals surface area (Å²) in [7, 11) is -3.80. The van der Waals surface area contributed by atoms with E-state index in [9.17, 15) is 13.2 Å². The van der Waals surface area contributed by atoms with E-state index in [0.29, 0.717) is 27.9 Å². The van der Waals surface area contributed by atoms with Gasteiger partial charge in [0.25, 0.3) is 15.9 Å². The SMILES string of the molecule is CCOc1ccc(S(=O)(=O)Nc2cccc(C(=O)NC(C)c3ccc(Cl)s3)c2)cc1. The van der Waals surface area contributed by atoms with Crippen molar-refractivity contribution in [2.75, 3.05) is 11.3 Å². The van der Waals surface area contributed by atoms with E-state index < -0.39 is 10.0 Å². The van der Waals surface area contributed by atoms with Crippen LogP contribution in [0.15, 0.2) is 65.6 Å². The maximum atomic E-state index is 12.7. The van der Waals surface area contributed by atoms with Crippen LogP contribution in [0.25, 0.3) is 0 Å². The maximum absolute atomic E-state index is 12.7. The lowest BCUT2D eigenvalue weighted by atomic mass is 10.1. The van der Waals surface area contributed by atoms with E-state index in [1.807, 2.05) is 19.9 Å². The van der Waals surface area contributed by atoms with E-state index in [4.69, 9.17) is 16.3 Å². The van der Waals surface area contributed by atoms with Gasteiger partial charge in [0.1, 0.15) is 5.75 Å². The van der Waals surface area contributed by atoms with Gasteiger partial charge in [0, 0.05) is 16.1 Å². The quantitative estimate of drug-likeness (QED) is 0.486. The van der Waals surface area contributed by atoms with Crippen LogP contribution < -0.4 is 14.8 Å². The van der Waals surface area contributed by atoms with E-state index >= 15 is 0 Å². The van der Waals surface area contributed by atoms with Crippen molar-refractivity contribution in [3.05, 3.63) is 75.4 Å². The molecule has 0 radical (unpaired) electrons. The van der Waals surface area contributed by atoms with E-state index in [0.717, 1.165) is 4.88 Å². The molecule has 2 aromatic carbocycles. The molecular formula is C21H21ClN2O4S2. The molecule has 0 saturated heterocycles. The summed E-state index contributed by atoms with van der Waals surface area (Å²) in [5, 5.41) is 2.89. The van der Waals surface area contributed by atoms with Crippen LogP contribution in [0.1, 0.15) is 35.1 Å². The summed E-state index contributed by atoms with van der Waals surface area (Å²) < 4.78 is 33.8. The van der Waals surface area contributed by atoms with Gasteiger partial charge in [-0.15, -0.1) is 11.3 Å². The molecule has 1 amide bonds. The normalized spacial score (nSPS) is 12.2. The molecule has 0 aliphatic rings. The highest BCUT2D eigenvalue weighted by atomic mass is 35.5. The molecular weight excluding hydrogens is 444 g/mol. The van der Waals surface area contributed by atoms with Crippen molar-refractivity contribution in [3.8, 4) is 5.75 Å². The highest BCUT2D eigenvalue weighted by Gasteiger charge is 2.17. The molecule has 0 bridgehead atoms. The molecule has 0 aliphatic carbocycles. The summed E-state index contributed by atoms with van der Waals surface area (Å²) in [4.78, 5) is 13.6. The van der Waals surface area contributed by atoms with Crippen LogP contribution in [0.2, 0.25) is 4.34 Å². The average Bonchev–Trinajstić information content (AvgIpc) is 3.15. The third-order valence-corrected chi connectivity index (χ3v) is 7.00. The molecule has 30 heavy (non-hydrogen) atoms. The lowest BCUT2D eigenvalue weighted by Gasteiger charge is -2.13. The molecule has 3 aromatic rings. The molecule has 1 heterocycles. The van der Waals surface area contributed by atoms with Crippen molar-refractivity contribution >= 4 is 44.6 Å². The summed E-state index contributed by atoms with van der Waals surface area (Å²) in [5.74, 6) is 0.283. The maximum Gasteiger partial charge on any atom is 0.261 e. The fraction of sp³-hybridized carbons (Fsp3) is 0.190. The predicted octanol–water partition coefficient (Wildman–Crippen LogP) is 5.09. The second kappa shape index (κ2) is 9.51. The van der Waals surface area contributed by atoms with Crippen molar-refractivity contribution in [2.24, 2.45) is 0 Å². The Labute approximate surface area is 184 Å². The van der Waals surface area contributed by atoms with Crippen LogP contribution in [-0.2, 0) is 10.0 Å². The Hall–Kier alpha value is -2.55. The highest BCUT2D eigenvalue weighted by molar-refractivity contribution is 7.92. The Kier molecular flexibility index (Phi) is 7.02. The van der Waals surface area contributed by atoms with Crippen LogP contribution in [0.4, 0.5) is 5.69 Å². The number of carbonyl (C=O) groups excluding carboxylic acids is 1. The van der Waals surface area contributed by atoms with Crippen LogP contribution in [0.5, 0.6) is 5.75 Å². The topological polar surface area (TPSA) is 84.5 Å².